The van der Waals surface area contributed by atoms with Crippen LogP contribution in [0.2, 0.25) is 0 Å². The average Bonchev–Trinajstić information content (AvgIpc) is 2.89. The van der Waals surface area contributed by atoms with E-state index in [9.17, 15) is 4.79 Å². The molecule has 5 nitrogen and oxygen atoms in total. The van der Waals surface area contributed by atoms with E-state index in [1.54, 1.807) is 6.92 Å². The number of carbonyl (C=O) groups is 1. The van der Waals surface area contributed by atoms with Crippen LogP contribution in [-0.2, 0) is 9.53 Å². The van der Waals surface area contributed by atoms with Gasteiger partial charge in [0.25, 0.3) is 0 Å². The number of esters is 1. The van der Waals surface area contributed by atoms with Crippen LogP contribution in [0.1, 0.15) is 78.1 Å². The first-order valence-corrected chi connectivity index (χ1v) is 13.5. The number of carbonyl (C=O) groups excluding carboxylic acids is 1. The van der Waals surface area contributed by atoms with Crippen LogP contribution in [0.4, 0.5) is 0 Å². The van der Waals surface area contributed by atoms with Crippen molar-refractivity contribution in [1.29, 1.82) is 0 Å². The Hall–Kier alpha value is -2.79. The predicted octanol–water partition coefficient (Wildman–Crippen LogP) is 7.51. The summed E-state index contributed by atoms with van der Waals surface area (Å²) in [7, 11) is 0. The third-order valence-corrected chi connectivity index (χ3v) is 6.05. The molecule has 0 saturated carbocycles. The Morgan fingerprint density at radius 1 is 0.806 bits per heavy atom. The lowest BCUT2D eigenvalue weighted by Crippen LogP contribution is -2.16. The Morgan fingerprint density at radius 2 is 1.39 bits per heavy atom. The highest BCUT2D eigenvalue weighted by atomic mass is 16.5. The van der Waals surface area contributed by atoms with Crippen LogP contribution in [0, 0.1) is 0 Å². The van der Waals surface area contributed by atoms with Gasteiger partial charge in [0.05, 0.1) is 19.3 Å². The van der Waals surface area contributed by atoms with E-state index in [-0.39, 0.29) is 18.7 Å². The van der Waals surface area contributed by atoms with Crippen molar-refractivity contribution >= 4 is 5.97 Å². The maximum absolute atomic E-state index is 11.5. The summed E-state index contributed by atoms with van der Waals surface area (Å²) in [6.07, 6.45) is 10.7. The smallest absolute Gasteiger partial charge is 0.333 e. The standard InChI is InChI=1S/C31H44O5/c1-4-5-6-8-12-29(13-9-7-10-23-35-31(33)25(2)3)36-30-20-16-27(17-21-30)26-14-18-28(19-15-26)34-24-11-22-32/h14-21,29,32H,2,4-13,22-24H2,1,3H3. The lowest BCUT2D eigenvalue weighted by molar-refractivity contribution is -0.139. The summed E-state index contributed by atoms with van der Waals surface area (Å²) in [5.41, 5.74) is 2.70. The zero-order chi connectivity index (χ0) is 26.0. The Morgan fingerprint density at radius 3 is 1.94 bits per heavy atom. The quantitative estimate of drug-likeness (QED) is 0.124. The summed E-state index contributed by atoms with van der Waals surface area (Å²) in [5, 5.41) is 8.88. The zero-order valence-electron chi connectivity index (χ0n) is 22.2. The van der Waals surface area contributed by atoms with E-state index in [1.165, 1.54) is 25.7 Å². The van der Waals surface area contributed by atoms with E-state index >= 15 is 0 Å². The van der Waals surface area contributed by atoms with E-state index in [0.29, 0.717) is 25.2 Å². The monoisotopic (exact) mass is 496 g/mol. The molecular formula is C31H44O5. The van der Waals surface area contributed by atoms with Gasteiger partial charge < -0.3 is 19.3 Å². The van der Waals surface area contributed by atoms with Gasteiger partial charge in [-0.3, -0.25) is 0 Å². The number of rotatable bonds is 19. The summed E-state index contributed by atoms with van der Waals surface area (Å²) in [6, 6.07) is 16.3. The molecule has 2 rings (SSSR count). The highest BCUT2D eigenvalue weighted by Gasteiger charge is 2.11. The number of hydrogen-bond donors (Lipinski definition) is 1. The largest absolute Gasteiger partial charge is 0.494 e. The molecule has 0 saturated heterocycles. The van der Waals surface area contributed by atoms with E-state index in [2.05, 4.69) is 37.8 Å². The third kappa shape index (κ3) is 11.8. The van der Waals surface area contributed by atoms with E-state index in [1.807, 2.05) is 24.3 Å². The minimum Gasteiger partial charge on any atom is -0.494 e. The fourth-order valence-electron chi connectivity index (χ4n) is 3.92. The predicted molar refractivity (Wildman–Crippen MR) is 146 cm³/mol. The average molecular weight is 497 g/mol. The lowest BCUT2D eigenvalue weighted by atomic mass is 10.0. The van der Waals surface area contributed by atoms with Crippen molar-refractivity contribution in [3.63, 3.8) is 0 Å². The minimum atomic E-state index is -0.307. The Labute approximate surface area is 217 Å². The van der Waals surface area contributed by atoms with Crippen LogP contribution in [0.25, 0.3) is 11.1 Å². The molecule has 0 radical (unpaired) electrons. The van der Waals surface area contributed by atoms with E-state index < -0.39 is 0 Å². The number of ether oxygens (including phenoxy) is 3. The van der Waals surface area contributed by atoms with Crippen LogP contribution in [-0.4, -0.2) is 37.0 Å². The van der Waals surface area contributed by atoms with Crippen LogP contribution < -0.4 is 9.47 Å². The summed E-state index contributed by atoms with van der Waals surface area (Å²) in [6.45, 7) is 8.61. The Bertz CT molecular complexity index is 873. The first-order valence-electron chi connectivity index (χ1n) is 13.5. The molecule has 0 amide bonds. The van der Waals surface area contributed by atoms with Gasteiger partial charge in [0.2, 0.25) is 0 Å². The molecular weight excluding hydrogens is 452 g/mol. The van der Waals surface area contributed by atoms with Crippen molar-refractivity contribution in [2.75, 3.05) is 19.8 Å². The van der Waals surface area contributed by atoms with Crippen LogP contribution >= 0.6 is 0 Å². The van der Waals surface area contributed by atoms with Crippen LogP contribution in [0.3, 0.4) is 0 Å². The summed E-state index contributed by atoms with van der Waals surface area (Å²) in [4.78, 5) is 11.5. The van der Waals surface area contributed by atoms with Crippen molar-refractivity contribution in [2.24, 2.45) is 0 Å². The maximum atomic E-state index is 11.5. The minimum absolute atomic E-state index is 0.138. The van der Waals surface area contributed by atoms with Crippen molar-refractivity contribution < 1.29 is 24.1 Å². The molecule has 0 fully saturated rings. The molecule has 1 N–H and O–H groups in total. The molecule has 0 aliphatic heterocycles. The second-order valence-electron chi connectivity index (χ2n) is 9.33. The first-order chi connectivity index (χ1) is 17.5. The molecule has 0 bridgehead atoms. The number of hydrogen-bond acceptors (Lipinski definition) is 5. The van der Waals surface area contributed by atoms with Crippen LogP contribution in [0.5, 0.6) is 11.5 Å². The fourth-order valence-corrected chi connectivity index (χ4v) is 3.92. The molecule has 0 aliphatic carbocycles. The first kappa shape index (κ1) is 29.4. The van der Waals surface area contributed by atoms with Crippen molar-refractivity contribution in [1.82, 2.24) is 0 Å². The normalized spacial score (nSPS) is 11.6. The molecule has 198 valence electrons. The molecule has 1 unspecified atom stereocenters. The molecule has 0 aliphatic rings. The fraction of sp³-hybridized carbons (Fsp3) is 0.516. The Balaban J connectivity index is 1.85. The van der Waals surface area contributed by atoms with Gasteiger partial charge >= 0.3 is 5.97 Å². The Kier molecular flexibility index (Phi) is 14.4. The maximum Gasteiger partial charge on any atom is 0.333 e. The molecule has 5 heteroatoms. The highest BCUT2D eigenvalue weighted by molar-refractivity contribution is 5.86. The van der Waals surface area contributed by atoms with Gasteiger partial charge in [-0.25, -0.2) is 4.79 Å². The lowest BCUT2D eigenvalue weighted by Gasteiger charge is -2.20. The van der Waals surface area contributed by atoms with Crippen LogP contribution in [0.15, 0.2) is 60.7 Å². The van der Waals surface area contributed by atoms with Gasteiger partial charge in [-0.1, -0.05) is 57.0 Å². The topological polar surface area (TPSA) is 65.0 Å². The molecule has 0 spiro atoms. The molecule has 2 aromatic rings. The van der Waals surface area contributed by atoms with Crippen molar-refractivity contribution in [3.05, 3.63) is 60.7 Å². The van der Waals surface area contributed by atoms with Gasteiger partial charge in [0.15, 0.2) is 0 Å². The third-order valence-electron chi connectivity index (χ3n) is 6.05. The summed E-state index contributed by atoms with van der Waals surface area (Å²) >= 11 is 0. The summed E-state index contributed by atoms with van der Waals surface area (Å²) in [5.74, 6) is 1.41. The SMILES string of the molecule is C=C(C)C(=O)OCCCCCC(CCCCCC)Oc1ccc(-c2ccc(OCCCO)cc2)cc1. The number of unbranched alkanes of at least 4 members (excludes halogenated alkanes) is 5. The van der Waals surface area contributed by atoms with Gasteiger partial charge in [0.1, 0.15) is 11.5 Å². The van der Waals surface area contributed by atoms with E-state index in [0.717, 1.165) is 54.7 Å². The number of benzene rings is 2. The second kappa shape index (κ2) is 17.6. The van der Waals surface area contributed by atoms with Crippen molar-refractivity contribution in [3.8, 4) is 22.6 Å². The molecule has 0 aromatic heterocycles. The second-order valence-corrected chi connectivity index (χ2v) is 9.33. The van der Waals surface area contributed by atoms with Gasteiger partial charge in [0, 0.05) is 18.6 Å². The van der Waals surface area contributed by atoms with Gasteiger partial charge in [-0.05, 0) is 80.8 Å². The van der Waals surface area contributed by atoms with Gasteiger partial charge in [-0.15, -0.1) is 0 Å². The number of aliphatic hydroxyl groups is 1. The zero-order valence-corrected chi connectivity index (χ0v) is 22.2. The molecule has 1 atom stereocenters. The summed E-state index contributed by atoms with van der Waals surface area (Å²) < 4.78 is 17.2. The highest BCUT2D eigenvalue weighted by Crippen LogP contribution is 2.26. The van der Waals surface area contributed by atoms with Gasteiger partial charge in [-0.2, -0.15) is 0 Å². The molecule has 2 aromatic carbocycles. The van der Waals surface area contributed by atoms with Crippen molar-refractivity contribution in [2.45, 2.75) is 84.2 Å². The molecule has 36 heavy (non-hydrogen) atoms. The van der Waals surface area contributed by atoms with E-state index in [4.69, 9.17) is 19.3 Å². The molecule has 0 heterocycles. The number of aliphatic hydroxyl groups excluding tert-OH is 1.